The molecule has 4 aromatic rings. The lowest BCUT2D eigenvalue weighted by atomic mass is 9.84. The van der Waals surface area contributed by atoms with E-state index in [-0.39, 0.29) is 11.0 Å². The van der Waals surface area contributed by atoms with Gasteiger partial charge in [0.2, 0.25) is 0 Å². The van der Waals surface area contributed by atoms with Crippen LogP contribution in [0.5, 0.6) is 0 Å². The summed E-state index contributed by atoms with van der Waals surface area (Å²) in [6.45, 7) is 0. The molecule has 0 nitrogen and oxygen atoms in total. The second-order valence-corrected chi connectivity index (χ2v) is 8.29. The SMILES string of the molecule is Fc1cccc(CPC(c2ccccc2)(c2ccccc2)c2ccccc2)c1. The molecule has 1 unspecified atom stereocenters. The highest BCUT2D eigenvalue weighted by molar-refractivity contribution is 7.39. The maximum atomic E-state index is 13.8. The van der Waals surface area contributed by atoms with Crippen LogP contribution in [-0.4, -0.2) is 0 Å². The molecule has 1 atom stereocenters. The molecule has 0 saturated heterocycles. The van der Waals surface area contributed by atoms with Crippen molar-refractivity contribution in [2.45, 2.75) is 11.3 Å². The second kappa shape index (κ2) is 8.50. The molecule has 0 heterocycles. The first-order valence-electron chi connectivity index (χ1n) is 9.45. The Morgan fingerprint density at radius 3 is 1.46 bits per heavy atom. The van der Waals surface area contributed by atoms with Gasteiger partial charge in [-0.1, -0.05) is 112 Å². The van der Waals surface area contributed by atoms with E-state index in [0.29, 0.717) is 8.58 Å². The summed E-state index contributed by atoms with van der Waals surface area (Å²) >= 11 is 0. The average Bonchev–Trinajstić information content (AvgIpc) is 2.77. The first-order chi connectivity index (χ1) is 13.8. The molecular weight excluding hydrogens is 362 g/mol. The second-order valence-electron chi connectivity index (χ2n) is 6.83. The van der Waals surface area contributed by atoms with Crippen LogP contribution >= 0.6 is 8.58 Å². The van der Waals surface area contributed by atoms with Gasteiger partial charge in [-0.15, -0.1) is 0 Å². The van der Waals surface area contributed by atoms with E-state index in [4.69, 9.17) is 0 Å². The molecular formula is C26H22FP. The van der Waals surface area contributed by atoms with Crippen molar-refractivity contribution in [3.63, 3.8) is 0 Å². The van der Waals surface area contributed by atoms with E-state index < -0.39 is 0 Å². The summed E-state index contributed by atoms with van der Waals surface area (Å²) in [4.78, 5) is 0. The van der Waals surface area contributed by atoms with Gasteiger partial charge in [0, 0.05) is 0 Å². The molecule has 138 valence electrons. The van der Waals surface area contributed by atoms with Crippen LogP contribution in [-0.2, 0) is 11.3 Å². The fourth-order valence-corrected chi connectivity index (χ4v) is 5.55. The lowest BCUT2D eigenvalue weighted by Crippen LogP contribution is -2.24. The fraction of sp³-hybridized carbons (Fsp3) is 0.0769. The minimum Gasteiger partial charge on any atom is -0.207 e. The van der Waals surface area contributed by atoms with E-state index in [1.54, 1.807) is 12.1 Å². The van der Waals surface area contributed by atoms with E-state index >= 15 is 0 Å². The van der Waals surface area contributed by atoms with Crippen LogP contribution in [0.15, 0.2) is 115 Å². The fourth-order valence-electron chi connectivity index (χ4n) is 3.75. The van der Waals surface area contributed by atoms with Crippen LogP contribution < -0.4 is 0 Å². The zero-order valence-electron chi connectivity index (χ0n) is 15.6. The Hall–Kier alpha value is -2.76. The van der Waals surface area contributed by atoms with Crippen LogP contribution in [0.1, 0.15) is 22.3 Å². The molecule has 0 fully saturated rings. The summed E-state index contributed by atoms with van der Waals surface area (Å²) in [6, 6.07) is 39.0. The highest BCUT2D eigenvalue weighted by Crippen LogP contribution is 2.53. The molecule has 0 aliphatic carbocycles. The molecule has 28 heavy (non-hydrogen) atoms. The van der Waals surface area contributed by atoms with Crippen molar-refractivity contribution in [2.24, 2.45) is 0 Å². The molecule has 0 aliphatic heterocycles. The molecule has 2 heteroatoms. The van der Waals surface area contributed by atoms with Gasteiger partial charge in [-0.25, -0.2) is 4.39 Å². The number of benzene rings is 4. The molecule has 0 aromatic heterocycles. The maximum Gasteiger partial charge on any atom is 0.123 e. The third kappa shape index (κ3) is 3.77. The first kappa shape index (κ1) is 18.6. The molecule has 0 spiro atoms. The monoisotopic (exact) mass is 384 g/mol. The minimum absolute atomic E-state index is 0.174. The molecule has 0 N–H and O–H groups in total. The summed E-state index contributed by atoms with van der Waals surface area (Å²) in [5.74, 6) is -0.174. The van der Waals surface area contributed by atoms with Gasteiger partial charge >= 0.3 is 0 Å². The molecule has 0 radical (unpaired) electrons. The normalized spacial score (nSPS) is 11.8. The lowest BCUT2D eigenvalue weighted by Gasteiger charge is -2.36. The smallest absolute Gasteiger partial charge is 0.123 e. The van der Waals surface area contributed by atoms with Crippen molar-refractivity contribution in [2.75, 3.05) is 0 Å². The predicted octanol–water partition coefficient (Wildman–Crippen LogP) is 7.00. The Balaban J connectivity index is 1.88. The van der Waals surface area contributed by atoms with Gasteiger partial charge in [0.15, 0.2) is 0 Å². The van der Waals surface area contributed by atoms with Crippen LogP contribution in [0.4, 0.5) is 4.39 Å². The highest BCUT2D eigenvalue weighted by atomic mass is 31.1. The standard InChI is InChI=1S/C26H22FP/c27-25-18-10-11-21(19-25)20-28-26(22-12-4-1-5-13-22,23-14-6-2-7-15-23)24-16-8-3-9-17-24/h1-19,28H,20H2. The van der Waals surface area contributed by atoms with Crippen LogP contribution in [0.25, 0.3) is 0 Å². The van der Waals surface area contributed by atoms with Crippen LogP contribution in [0.3, 0.4) is 0 Å². The quantitative estimate of drug-likeness (QED) is 0.248. The van der Waals surface area contributed by atoms with Crippen LogP contribution in [0.2, 0.25) is 0 Å². The number of hydrogen-bond acceptors (Lipinski definition) is 0. The molecule has 4 aromatic carbocycles. The van der Waals surface area contributed by atoms with E-state index in [2.05, 4.69) is 91.0 Å². The van der Waals surface area contributed by atoms with Crippen LogP contribution in [0, 0.1) is 5.82 Å². The Bertz CT molecular complexity index is 917. The van der Waals surface area contributed by atoms with Gasteiger partial charge in [0.05, 0.1) is 5.16 Å². The van der Waals surface area contributed by atoms with Gasteiger partial charge in [-0.05, 0) is 40.5 Å². The largest absolute Gasteiger partial charge is 0.207 e. The van der Waals surface area contributed by atoms with Gasteiger partial charge in [0.1, 0.15) is 5.82 Å². The lowest BCUT2D eigenvalue weighted by molar-refractivity contribution is 0.626. The minimum atomic E-state index is -0.268. The van der Waals surface area contributed by atoms with Crippen molar-refractivity contribution in [3.8, 4) is 0 Å². The molecule has 0 saturated carbocycles. The summed E-state index contributed by atoms with van der Waals surface area (Å²) in [5.41, 5.74) is 4.83. The number of hydrogen-bond donors (Lipinski definition) is 0. The Morgan fingerprint density at radius 2 is 1.04 bits per heavy atom. The van der Waals surface area contributed by atoms with Gasteiger partial charge in [-0.2, -0.15) is 0 Å². The van der Waals surface area contributed by atoms with E-state index in [9.17, 15) is 4.39 Å². The summed E-state index contributed by atoms with van der Waals surface area (Å²) in [6.07, 6.45) is 0.816. The van der Waals surface area contributed by atoms with Crippen molar-refractivity contribution in [1.29, 1.82) is 0 Å². The average molecular weight is 384 g/mol. The zero-order chi connectivity index (χ0) is 19.2. The molecule has 0 amide bonds. The van der Waals surface area contributed by atoms with Crippen molar-refractivity contribution in [3.05, 3.63) is 143 Å². The van der Waals surface area contributed by atoms with Gasteiger partial charge in [-0.3, -0.25) is 0 Å². The van der Waals surface area contributed by atoms with Crippen molar-refractivity contribution >= 4 is 8.58 Å². The maximum absolute atomic E-state index is 13.8. The Kier molecular flexibility index (Phi) is 5.65. The van der Waals surface area contributed by atoms with E-state index in [1.807, 2.05) is 6.07 Å². The number of rotatable bonds is 6. The molecule has 0 bridgehead atoms. The highest BCUT2D eigenvalue weighted by Gasteiger charge is 2.35. The summed E-state index contributed by atoms with van der Waals surface area (Å²) in [7, 11) is 0.533. The number of halogens is 1. The van der Waals surface area contributed by atoms with E-state index in [0.717, 1.165) is 11.7 Å². The molecule has 0 aliphatic rings. The molecule has 4 rings (SSSR count). The van der Waals surface area contributed by atoms with Gasteiger partial charge in [0.25, 0.3) is 0 Å². The van der Waals surface area contributed by atoms with Crippen molar-refractivity contribution in [1.82, 2.24) is 0 Å². The van der Waals surface area contributed by atoms with Gasteiger partial charge < -0.3 is 0 Å². The summed E-state index contributed by atoms with van der Waals surface area (Å²) < 4.78 is 13.8. The topological polar surface area (TPSA) is 0 Å². The first-order valence-corrected chi connectivity index (χ1v) is 10.7. The Morgan fingerprint density at radius 1 is 0.571 bits per heavy atom. The Labute approximate surface area is 167 Å². The third-order valence-corrected chi connectivity index (χ3v) is 7.05. The summed E-state index contributed by atoms with van der Waals surface area (Å²) in [5, 5.41) is -0.268. The zero-order valence-corrected chi connectivity index (χ0v) is 16.6. The van der Waals surface area contributed by atoms with Crippen molar-refractivity contribution < 1.29 is 4.39 Å². The van der Waals surface area contributed by atoms with E-state index in [1.165, 1.54) is 22.8 Å². The third-order valence-electron chi connectivity index (χ3n) is 5.07. The predicted molar refractivity (Wildman–Crippen MR) is 118 cm³/mol.